The monoisotopic (exact) mass is 477 g/mol. The van der Waals surface area contributed by atoms with E-state index in [4.69, 9.17) is 9.47 Å². The first-order chi connectivity index (χ1) is 16.8. The Labute approximate surface area is 207 Å². The molecule has 8 unspecified atom stereocenters. The number of carbonyl (C=O) groups is 3. The highest BCUT2D eigenvalue weighted by molar-refractivity contribution is 5.98. The van der Waals surface area contributed by atoms with E-state index in [1.54, 1.807) is 0 Å². The van der Waals surface area contributed by atoms with Gasteiger partial charge in [0, 0.05) is 24.5 Å². The van der Waals surface area contributed by atoms with Crippen LogP contribution in [0.2, 0.25) is 0 Å². The molecule has 1 amide bonds. The molecular formula is C29H35NO5. The predicted molar refractivity (Wildman–Crippen MR) is 131 cm³/mol. The van der Waals surface area contributed by atoms with Gasteiger partial charge in [0.25, 0.3) is 5.91 Å². The van der Waals surface area contributed by atoms with Gasteiger partial charge in [-0.3, -0.25) is 9.59 Å². The summed E-state index contributed by atoms with van der Waals surface area (Å²) in [4.78, 5) is 39.2. The second-order valence-electron chi connectivity index (χ2n) is 11.0. The Morgan fingerprint density at radius 3 is 2.63 bits per heavy atom. The number of nitrogens with one attached hydrogen (secondary N) is 1. The molecule has 0 radical (unpaired) electrons. The minimum atomic E-state index is -1.38. The van der Waals surface area contributed by atoms with Crippen molar-refractivity contribution >= 4 is 17.7 Å². The van der Waals surface area contributed by atoms with Crippen molar-refractivity contribution in [2.45, 2.75) is 76.2 Å². The number of epoxide rings is 1. The fourth-order valence-corrected chi connectivity index (χ4v) is 6.65. The first kappa shape index (κ1) is 24.0. The number of carbonyl (C=O) groups excluding carboxylic acids is 3. The summed E-state index contributed by atoms with van der Waals surface area (Å²) in [7, 11) is 0. The Balaban J connectivity index is 1.57. The van der Waals surface area contributed by atoms with Gasteiger partial charge in [0.05, 0.1) is 17.6 Å². The zero-order valence-corrected chi connectivity index (χ0v) is 20.7. The summed E-state index contributed by atoms with van der Waals surface area (Å²) < 4.78 is 12.4. The molecule has 2 saturated heterocycles. The van der Waals surface area contributed by atoms with Crippen LogP contribution < -0.4 is 5.32 Å². The molecule has 1 spiro atoms. The topological polar surface area (TPSA) is 85.0 Å². The van der Waals surface area contributed by atoms with E-state index < -0.39 is 17.5 Å². The summed E-state index contributed by atoms with van der Waals surface area (Å²) in [6.45, 7) is 6.38. The second kappa shape index (κ2) is 9.05. The van der Waals surface area contributed by atoms with Gasteiger partial charge >= 0.3 is 5.97 Å². The molecule has 0 bridgehead atoms. The van der Waals surface area contributed by atoms with Crippen molar-refractivity contribution in [2.24, 2.45) is 23.7 Å². The third-order valence-corrected chi connectivity index (χ3v) is 8.73. The molecule has 1 aromatic carbocycles. The van der Waals surface area contributed by atoms with Crippen molar-refractivity contribution in [3.05, 3.63) is 60.2 Å². The molecule has 1 N–H and O–H groups in total. The number of benzene rings is 1. The maximum Gasteiger partial charge on any atom is 0.331 e. The van der Waals surface area contributed by atoms with E-state index >= 15 is 0 Å². The summed E-state index contributed by atoms with van der Waals surface area (Å²) in [6, 6.07) is 9.85. The molecule has 1 aliphatic carbocycles. The van der Waals surface area contributed by atoms with Gasteiger partial charge < -0.3 is 14.8 Å². The van der Waals surface area contributed by atoms with E-state index in [0.717, 1.165) is 24.8 Å². The largest absolute Gasteiger partial charge is 0.445 e. The number of fused-ring (bicyclic) bond motifs is 2. The second-order valence-corrected chi connectivity index (χ2v) is 11.0. The van der Waals surface area contributed by atoms with Gasteiger partial charge in [-0.25, -0.2) is 4.79 Å². The molecule has 4 aliphatic rings. The Bertz CT molecular complexity index is 1060. The van der Waals surface area contributed by atoms with E-state index in [1.807, 2.05) is 18.2 Å². The van der Waals surface area contributed by atoms with E-state index in [1.165, 1.54) is 12.2 Å². The van der Waals surface area contributed by atoms with E-state index in [9.17, 15) is 14.4 Å². The lowest BCUT2D eigenvalue weighted by Gasteiger charge is -2.45. The van der Waals surface area contributed by atoms with Crippen LogP contribution >= 0.6 is 0 Å². The van der Waals surface area contributed by atoms with Gasteiger partial charge in [-0.1, -0.05) is 56.3 Å². The minimum absolute atomic E-state index is 0.0129. The van der Waals surface area contributed by atoms with E-state index in [-0.39, 0.29) is 41.3 Å². The zero-order valence-electron chi connectivity index (χ0n) is 20.7. The Morgan fingerprint density at radius 2 is 1.86 bits per heavy atom. The summed E-state index contributed by atoms with van der Waals surface area (Å²) in [5.41, 5.74) is -0.641. The first-order valence-corrected chi connectivity index (χ1v) is 12.9. The number of ketones is 1. The fraction of sp³-hybridized carbons (Fsp3) is 0.552. The quantitative estimate of drug-likeness (QED) is 0.396. The van der Waals surface area contributed by atoms with Crippen molar-refractivity contribution in [3.63, 3.8) is 0 Å². The molecule has 186 valence electrons. The van der Waals surface area contributed by atoms with Crippen LogP contribution in [0.4, 0.5) is 0 Å². The highest BCUT2D eigenvalue weighted by atomic mass is 16.6. The number of allylic oxidation sites excluding steroid dienone is 2. The smallest absolute Gasteiger partial charge is 0.331 e. The van der Waals surface area contributed by atoms with Crippen molar-refractivity contribution in [1.82, 2.24) is 5.32 Å². The summed E-state index contributed by atoms with van der Waals surface area (Å²) in [6.07, 6.45) is 10.1. The van der Waals surface area contributed by atoms with Gasteiger partial charge in [0.1, 0.15) is 0 Å². The standard InChI is InChI=1S/C29H35NO5/c1-18-9-7-13-21(31)15-16-24(32)34-29-22(14-8-10-18)26-28(3,35-26)19(2)25(29)23(30-27(29)33)17-20-11-5-4-6-12-20/h4-6,8,11-12,14-16,18-19,22-23,25-26H,7,9-10,13,17H2,1-3H3,(H,30,33). The molecule has 8 atom stereocenters. The van der Waals surface area contributed by atoms with E-state index in [0.29, 0.717) is 18.8 Å². The van der Waals surface area contributed by atoms with Crippen LogP contribution in [0.25, 0.3) is 0 Å². The predicted octanol–water partition coefficient (Wildman–Crippen LogP) is 3.94. The molecule has 6 heteroatoms. The molecule has 6 nitrogen and oxygen atoms in total. The van der Waals surface area contributed by atoms with Gasteiger partial charge in [0.15, 0.2) is 5.78 Å². The highest BCUT2D eigenvalue weighted by Crippen LogP contribution is 2.63. The van der Waals surface area contributed by atoms with E-state index in [2.05, 4.69) is 50.4 Å². The van der Waals surface area contributed by atoms with Crippen LogP contribution in [0.15, 0.2) is 54.6 Å². The van der Waals surface area contributed by atoms with Crippen molar-refractivity contribution in [2.75, 3.05) is 0 Å². The average molecular weight is 478 g/mol. The lowest BCUT2D eigenvalue weighted by Crippen LogP contribution is -2.61. The van der Waals surface area contributed by atoms with Crippen LogP contribution in [0.5, 0.6) is 0 Å². The number of esters is 1. The maximum atomic E-state index is 13.8. The Morgan fingerprint density at radius 1 is 1.09 bits per heavy atom. The number of hydrogen-bond acceptors (Lipinski definition) is 5. The van der Waals surface area contributed by atoms with Crippen molar-refractivity contribution in [1.29, 1.82) is 0 Å². The van der Waals surface area contributed by atoms with Crippen molar-refractivity contribution in [3.8, 4) is 0 Å². The highest BCUT2D eigenvalue weighted by Gasteiger charge is 2.78. The summed E-state index contributed by atoms with van der Waals surface area (Å²) in [5.74, 6) is -1.28. The number of hydrogen-bond donors (Lipinski definition) is 1. The maximum absolute atomic E-state index is 13.8. The molecule has 3 heterocycles. The minimum Gasteiger partial charge on any atom is -0.445 e. The lowest BCUT2D eigenvalue weighted by molar-refractivity contribution is -0.177. The molecule has 3 fully saturated rings. The summed E-state index contributed by atoms with van der Waals surface area (Å²) >= 11 is 0. The van der Waals surface area contributed by atoms with Gasteiger partial charge in [-0.15, -0.1) is 0 Å². The fourth-order valence-electron chi connectivity index (χ4n) is 6.65. The van der Waals surface area contributed by atoms with Crippen LogP contribution in [0.3, 0.4) is 0 Å². The van der Waals surface area contributed by atoms with Crippen molar-refractivity contribution < 1.29 is 23.9 Å². The third-order valence-electron chi connectivity index (χ3n) is 8.73. The van der Waals surface area contributed by atoms with Gasteiger partial charge in [0.2, 0.25) is 5.60 Å². The van der Waals surface area contributed by atoms with Gasteiger partial charge in [-0.2, -0.15) is 0 Å². The molecular weight excluding hydrogens is 442 g/mol. The Kier molecular flexibility index (Phi) is 6.20. The number of ether oxygens (including phenoxy) is 2. The van der Waals surface area contributed by atoms with Crippen LogP contribution in [-0.4, -0.2) is 41.0 Å². The molecule has 0 aromatic heterocycles. The van der Waals surface area contributed by atoms with Crippen LogP contribution in [-0.2, 0) is 30.3 Å². The lowest BCUT2D eigenvalue weighted by atomic mass is 9.59. The first-order valence-electron chi connectivity index (χ1n) is 12.9. The molecule has 35 heavy (non-hydrogen) atoms. The third kappa shape index (κ3) is 4.16. The number of amides is 1. The molecule has 3 aliphatic heterocycles. The Hall–Kier alpha value is -2.73. The van der Waals surface area contributed by atoms with Gasteiger partial charge in [-0.05, 0) is 56.1 Å². The SMILES string of the molecule is CC1CC=CC2C3OC3(C)C(C)C3C(Cc4ccccc4)NC(=O)C23OC(=O)C=CC(=O)CCC1. The molecule has 1 aromatic rings. The summed E-state index contributed by atoms with van der Waals surface area (Å²) in [5, 5.41) is 3.20. The molecule has 1 saturated carbocycles. The average Bonchev–Trinajstić information content (AvgIpc) is 3.45. The van der Waals surface area contributed by atoms with Crippen LogP contribution in [0, 0.1) is 23.7 Å². The normalized spacial score (nSPS) is 41.2. The number of rotatable bonds is 2. The van der Waals surface area contributed by atoms with Crippen LogP contribution in [0.1, 0.15) is 52.0 Å². The molecule has 5 rings (SSSR count). The zero-order chi connectivity index (χ0) is 24.8.